The summed E-state index contributed by atoms with van der Waals surface area (Å²) in [6.45, 7) is 4.40. The molecule has 0 aliphatic rings. The van der Waals surface area contributed by atoms with Gasteiger partial charge < -0.3 is 0 Å². The number of aromatic nitrogens is 4. The maximum atomic E-state index is 5.12. The van der Waals surface area contributed by atoms with Gasteiger partial charge >= 0.3 is 0 Å². The Bertz CT molecular complexity index is 2330. The van der Waals surface area contributed by atoms with E-state index in [1.807, 2.05) is 66.7 Å². The molecule has 4 nitrogen and oxygen atoms in total. The predicted molar refractivity (Wildman–Crippen MR) is 200 cm³/mol. The summed E-state index contributed by atoms with van der Waals surface area (Å²) < 4.78 is 1.19. The summed E-state index contributed by atoms with van der Waals surface area (Å²) in [6.07, 6.45) is 0.872. The number of para-hydroxylation sites is 1. The Labute approximate surface area is 284 Å². The summed E-state index contributed by atoms with van der Waals surface area (Å²) in [7, 11) is 0. The number of rotatable bonds is 7. The Balaban J connectivity index is 1.21. The van der Waals surface area contributed by atoms with E-state index in [-0.39, 0.29) is 0 Å². The van der Waals surface area contributed by atoms with Gasteiger partial charge in [0.25, 0.3) is 0 Å². The van der Waals surface area contributed by atoms with Gasteiger partial charge in [-0.2, -0.15) is 0 Å². The molecule has 0 amide bonds. The first-order chi connectivity index (χ1) is 23.6. The molecular formula is C43H32N4S. The fourth-order valence-electron chi connectivity index (χ4n) is 6.19. The van der Waals surface area contributed by atoms with E-state index in [2.05, 4.69) is 92.7 Å². The molecule has 5 heteroatoms. The van der Waals surface area contributed by atoms with Crippen molar-refractivity contribution in [3.63, 3.8) is 0 Å². The number of benzene rings is 6. The summed E-state index contributed by atoms with van der Waals surface area (Å²) in [4.78, 5) is 19.9. The molecule has 0 spiro atoms. The molecule has 6 aromatic carbocycles. The van der Waals surface area contributed by atoms with Crippen LogP contribution in [0.1, 0.15) is 18.1 Å². The zero-order valence-corrected chi connectivity index (χ0v) is 27.6. The fraction of sp³-hybridized carbons (Fsp3) is 0.0698. The quantitative estimate of drug-likeness (QED) is 0.175. The zero-order chi connectivity index (χ0) is 32.5. The number of hydrogen-bond donors (Lipinski definition) is 0. The van der Waals surface area contributed by atoms with Crippen molar-refractivity contribution >= 4 is 21.6 Å². The molecular weight excluding hydrogens is 605 g/mol. The van der Waals surface area contributed by atoms with Crippen LogP contribution < -0.4 is 0 Å². The van der Waals surface area contributed by atoms with Crippen LogP contribution in [-0.4, -0.2) is 19.9 Å². The first kappa shape index (κ1) is 29.6. The summed E-state index contributed by atoms with van der Waals surface area (Å²) in [5, 5.41) is 1.04. The highest BCUT2D eigenvalue weighted by Crippen LogP contribution is 2.39. The van der Waals surface area contributed by atoms with Crippen LogP contribution in [0.25, 0.3) is 77.2 Å². The second-order valence-electron chi connectivity index (χ2n) is 11.8. The van der Waals surface area contributed by atoms with Crippen molar-refractivity contribution in [2.24, 2.45) is 0 Å². The third-order valence-corrected chi connectivity index (χ3v) is 9.79. The second-order valence-corrected chi connectivity index (χ2v) is 12.9. The van der Waals surface area contributed by atoms with Gasteiger partial charge in [0.05, 0.1) is 10.2 Å². The Morgan fingerprint density at radius 3 is 1.67 bits per heavy atom. The predicted octanol–water partition coefficient (Wildman–Crippen LogP) is 11.4. The molecule has 0 saturated heterocycles. The average Bonchev–Trinajstić information content (AvgIpc) is 3.61. The fourth-order valence-corrected chi connectivity index (χ4v) is 7.19. The van der Waals surface area contributed by atoms with E-state index in [0.717, 1.165) is 50.3 Å². The molecule has 8 aromatic rings. The molecule has 8 rings (SSSR count). The molecule has 2 heterocycles. The van der Waals surface area contributed by atoms with E-state index >= 15 is 0 Å². The van der Waals surface area contributed by atoms with E-state index in [1.165, 1.54) is 27.0 Å². The molecule has 0 bridgehead atoms. The van der Waals surface area contributed by atoms with Crippen molar-refractivity contribution in [1.29, 1.82) is 0 Å². The van der Waals surface area contributed by atoms with Crippen molar-refractivity contribution in [2.75, 3.05) is 0 Å². The van der Waals surface area contributed by atoms with E-state index in [1.54, 1.807) is 11.3 Å². The second kappa shape index (κ2) is 12.8. The zero-order valence-electron chi connectivity index (χ0n) is 26.8. The van der Waals surface area contributed by atoms with Gasteiger partial charge in [-0.3, -0.25) is 0 Å². The largest absolute Gasteiger partial charge is 0.235 e. The normalized spacial score (nSPS) is 11.2. The number of fused-ring (bicyclic) bond motifs is 1. The molecule has 0 unspecified atom stereocenters. The standard InChI is InChI=1S/C43H32N4S/c1-3-29-26-34(42-46-40(30-14-7-4-8-15-30)45-41(47-42)31-16-9-5-10-17-31)24-25-35(29)37-27-33(23-22-28(37)2)36-20-13-21-38-39(36)44-43(48-38)32-18-11-6-12-19-32/h4-27H,3H2,1-2H3. The minimum Gasteiger partial charge on any atom is -0.235 e. The van der Waals surface area contributed by atoms with Crippen molar-refractivity contribution in [3.05, 3.63) is 157 Å². The highest BCUT2D eigenvalue weighted by molar-refractivity contribution is 7.21. The summed E-state index contributed by atoms with van der Waals surface area (Å²) in [6, 6.07) is 50.5. The summed E-state index contributed by atoms with van der Waals surface area (Å²) >= 11 is 1.74. The van der Waals surface area contributed by atoms with Crippen molar-refractivity contribution in [1.82, 2.24) is 19.9 Å². The Morgan fingerprint density at radius 2 is 1.04 bits per heavy atom. The molecule has 0 aliphatic heterocycles. The Hall–Kier alpha value is -5.78. The van der Waals surface area contributed by atoms with Crippen molar-refractivity contribution < 1.29 is 0 Å². The highest BCUT2D eigenvalue weighted by Gasteiger charge is 2.17. The van der Waals surface area contributed by atoms with Gasteiger partial charge in [-0.1, -0.05) is 134 Å². The lowest BCUT2D eigenvalue weighted by molar-refractivity contribution is 1.07. The van der Waals surface area contributed by atoms with Gasteiger partial charge in [0.1, 0.15) is 5.01 Å². The number of aryl methyl sites for hydroxylation is 2. The van der Waals surface area contributed by atoms with Crippen LogP contribution in [0.5, 0.6) is 0 Å². The lowest BCUT2D eigenvalue weighted by Gasteiger charge is -2.15. The molecule has 0 saturated carbocycles. The van der Waals surface area contributed by atoms with E-state index < -0.39 is 0 Å². The van der Waals surface area contributed by atoms with Crippen LogP contribution >= 0.6 is 11.3 Å². The minimum atomic E-state index is 0.664. The number of thiazole rings is 1. The third kappa shape index (κ3) is 5.70. The van der Waals surface area contributed by atoms with Gasteiger partial charge in [-0.25, -0.2) is 19.9 Å². The SMILES string of the molecule is CCc1cc(-c2nc(-c3ccccc3)nc(-c3ccccc3)n2)ccc1-c1cc(-c2cccc3sc(-c4ccccc4)nc23)ccc1C. The molecule has 0 aliphatic carbocycles. The Kier molecular flexibility index (Phi) is 7.89. The average molecular weight is 637 g/mol. The summed E-state index contributed by atoms with van der Waals surface area (Å²) in [5.41, 5.74) is 12.3. The summed E-state index contributed by atoms with van der Waals surface area (Å²) in [5.74, 6) is 1.99. The van der Waals surface area contributed by atoms with Gasteiger partial charge in [0, 0.05) is 27.8 Å². The van der Waals surface area contributed by atoms with Crippen molar-refractivity contribution in [3.8, 4) is 67.0 Å². The van der Waals surface area contributed by atoms with E-state index in [4.69, 9.17) is 19.9 Å². The maximum absolute atomic E-state index is 5.12. The smallest absolute Gasteiger partial charge is 0.164 e. The van der Waals surface area contributed by atoms with Crippen LogP contribution in [0.15, 0.2) is 146 Å². The highest BCUT2D eigenvalue weighted by atomic mass is 32.1. The maximum Gasteiger partial charge on any atom is 0.164 e. The van der Waals surface area contributed by atoms with Gasteiger partial charge in [-0.15, -0.1) is 11.3 Å². The first-order valence-corrected chi connectivity index (χ1v) is 17.0. The molecule has 0 N–H and O–H groups in total. The lowest BCUT2D eigenvalue weighted by Crippen LogP contribution is -2.01. The van der Waals surface area contributed by atoms with E-state index in [0.29, 0.717) is 17.5 Å². The minimum absolute atomic E-state index is 0.664. The van der Waals surface area contributed by atoms with Crippen LogP contribution in [-0.2, 0) is 6.42 Å². The number of hydrogen-bond acceptors (Lipinski definition) is 5. The molecule has 0 fully saturated rings. The van der Waals surface area contributed by atoms with Crippen LogP contribution in [0.4, 0.5) is 0 Å². The van der Waals surface area contributed by atoms with Gasteiger partial charge in [-0.05, 0) is 59.4 Å². The van der Waals surface area contributed by atoms with E-state index in [9.17, 15) is 0 Å². The third-order valence-electron chi connectivity index (χ3n) is 8.72. The van der Waals surface area contributed by atoms with Crippen LogP contribution in [0, 0.1) is 6.92 Å². The topological polar surface area (TPSA) is 51.6 Å². The first-order valence-electron chi connectivity index (χ1n) is 16.2. The molecule has 2 aromatic heterocycles. The molecule has 230 valence electrons. The van der Waals surface area contributed by atoms with Gasteiger partial charge in [0.15, 0.2) is 17.5 Å². The van der Waals surface area contributed by atoms with Crippen LogP contribution in [0.3, 0.4) is 0 Å². The monoisotopic (exact) mass is 636 g/mol. The molecule has 0 atom stereocenters. The van der Waals surface area contributed by atoms with Crippen molar-refractivity contribution in [2.45, 2.75) is 20.3 Å². The number of nitrogens with zero attached hydrogens (tertiary/aromatic N) is 4. The van der Waals surface area contributed by atoms with Gasteiger partial charge in [0.2, 0.25) is 0 Å². The molecule has 48 heavy (non-hydrogen) atoms. The lowest BCUT2D eigenvalue weighted by atomic mass is 9.90. The Morgan fingerprint density at radius 1 is 0.458 bits per heavy atom. The molecule has 0 radical (unpaired) electrons. The van der Waals surface area contributed by atoms with Crippen LogP contribution in [0.2, 0.25) is 0 Å².